The Kier molecular flexibility index (Phi) is 12.1. The first-order valence-electron chi connectivity index (χ1n) is 11.4. The van der Waals surface area contributed by atoms with Gasteiger partial charge in [-0.25, -0.2) is 0 Å². The number of unbranched alkanes of at least 4 members (excludes halogenated alkanes) is 4. The molecule has 0 radical (unpaired) electrons. The van der Waals surface area contributed by atoms with Gasteiger partial charge in [-0.3, -0.25) is 9.59 Å². The maximum Gasteiger partial charge on any atom is 0.231 e. The van der Waals surface area contributed by atoms with E-state index in [4.69, 9.17) is 16.3 Å². The van der Waals surface area contributed by atoms with Gasteiger partial charge in [0, 0.05) is 10.8 Å². The monoisotopic (exact) mass is 437 g/mol. The van der Waals surface area contributed by atoms with Crippen LogP contribution in [0.1, 0.15) is 92.4 Å². The van der Waals surface area contributed by atoms with Gasteiger partial charge in [0.05, 0.1) is 18.2 Å². The summed E-state index contributed by atoms with van der Waals surface area (Å²) in [6.45, 7) is 9.69. The van der Waals surface area contributed by atoms with E-state index in [1.54, 1.807) is 6.07 Å². The molecule has 1 rings (SSSR count). The molecule has 0 aliphatic rings. The zero-order chi connectivity index (χ0) is 22.6. The first kappa shape index (κ1) is 26.5. The zero-order valence-electron chi connectivity index (χ0n) is 19.4. The van der Waals surface area contributed by atoms with Crippen molar-refractivity contribution >= 4 is 29.0 Å². The van der Waals surface area contributed by atoms with Gasteiger partial charge in [-0.1, -0.05) is 71.9 Å². The van der Waals surface area contributed by atoms with Crippen molar-refractivity contribution in [2.24, 2.45) is 5.41 Å². The highest BCUT2D eigenvalue weighted by Crippen LogP contribution is 2.27. The number of amides is 1. The number of alkyl halides is 1. The summed E-state index contributed by atoms with van der Waals surface area (Å²) in [4.78, 5) is 24.4. The lowest BCUT2D eigenvalue weighted by Gasteiger charge is -2.20. The molecule has 0 saturated heterocycles. The lowest BCUT2D eigenvalue weighted by atomic mass is 9.89. The third kappa shape index (κ3) is 11.0. The lowest BCUT2D eigenvalue weighted by Crippen LogP contribution is -2.26. The number of ether oxygens (including phenoxy) is 1. The summed E-state index contributed by atoms with van der Waals surface area (Å²) in [7, 11) is 0. The van der Waals surface area contributed by atoms with Gasteiger partial charge in [0.15, 0.2) is 0 Å². The van der Waals surface area contributed by atoms with E-state index >= 15 is 0 Å². The summed E-state index contributed by atoms with van der Waals surface area (Å²) in [5.41, 5.74) is 0.0603. The number of halogens is 1. The van der Waals surface area contributed by atoms with Crippen molar-refractivity contribution in [3.63, 3.8) is 0 Å². The van der Waals surface area contributed by atoms with Gasteiger partial charge in [-0.05, 0) is 38.3 Å². The van der Waals surface area contributed by atoms with Crippen LogP contribution in [0.4, 0.5) is 5.69 Å². The van der Waals surface area contributed by atoms with Gasteiger partial charge in [0.1, 0.15) is 11.5 Å². The van der Waals surface area contributed by atoms with Gasteiger partial charge < -0.3 is 10.1 Å². The summed E-state index contributed by atoms with van der Waals surface area (Å²) in [5.74, 6) is 0.212. The molecule has 0 spiro atoms. The summed E-state index contributed by atoms with van der Waals surface area (Å²) in [5, 5.41) is 2.99. The van der Waals surface area contributed by atoms with Crippen molar-refractivity contribution in [1.82, 2.24) is 0 Å². The van der Waals surface area contributed by atoms with Crippen LogP contribution >= 0.6 is 11.6 Å². The Balaban J connectivity index is 2.48. The highest BCUT2D eigenvalue weighted by Gasteiger charge is 2.24. The van der Waals surface area contributed by atoms with Crippen molar-refractivity contribution in [3.05, 3.63) is 24.3 Å². The van der Waals surface area contributed by atoms with Crippen LogP contribution in [-0.2, 0) is 9.59 Å². The van der Waals surface area contributed by atoms with Gasteiger partial charge in [0.2, 0.25) is 5.91 Å². The second kappa shape index (κ2) is 13.7. The standard InChI is InChI=1S/C25H40ClNO3/c1-6-7-8-9-10-13-20(26)17-16-19(2)30-22-15-12-11-14-21(22)27-24(29)18-23(28)25(3,4)5/h11-12,14-15,19-20H,6-10,13,16-18H2,1-5H3,(H,27,29). The molecule has 4 nitrogen and oxygen atoms in total. The molecule has 1 amide bonds. The molecule has 0 aliphatic heterocycles. The van der Waals surface area contributed by atoms with Crippen LogP contribution in [0.2, 0.25) is 0 Å². The number of anilines is 1. The summed E-state index contributed by atoms with van der Waals surface area (Å²) >= 11 is 6.48. The van der Waals surface area contributed by atoms with E-state index in [1.807, 2.05) is 45.9 Å². The number of Topliss-reactive ketones (excluding diaryl/α,β-unsaturated/α-hetero) is 1. The first-order chi connectivity index (χ1) is 14.1. The minimum atomic E-state index is -0.532. The van der Waals surface area contributed by atoms with Gasteiger partial charge in [-0.2, -0.15) is 0 Å². The predicted octanol–water partition coefficient (Wildman–Crippen LogP) is 7.15. The van der Waals surface area contributed by atoms with Crippen molar-refractivity contribution in [3.8, 4) is 5.75 Å². The number of para-hydroxylation sites is 2. The third-order valence-corrected chi connectivity index (χ3v) is 5.59. The average molecular weight is 438 g/mol. The maximum absolute atomic E-state index is 12.3. The second-order valence-corrected chi connectivity index (χ2v) is 9.82. The van der Waals surface area contributed by atoms with E-state index in [2.05, 4.69) is 12.2 Å². The molecule has 170 valence electrons. The largest absolute Gasteiger partial charge is 0.489 e. The van der Waals surface area contributed by atoms with Crippen LogP contribution in [0.25, 0.3) is 0 Å². The molecule has 0 bridgehead atoms. The van der Waals surface area contributed by atoms with Crippen LogP contribution in [-0.4, -0.2) is 23.2 Å². The molecule has 1 aromatic carbocycles. The quantitative estimate of drug-likeness (QED) is 0.191. The molecule has 2 unspecified atom stereocenters. The Morgan fingerprint density at radius 1 is 1.03 bits per heavy atom. The van der Waals surface area contributed by atoms with E-state index in [1.165, 1.54) is 32.1 Å². The topological polar surface area (TPSA) is 55.4 Å². The molecule has 2 atom stereocenters. The number of carbonyl (C=O) groups is 2. The van der Waals surface area contributed by atoms with E-state index in [0.717, 1.165) is 19.3 Å². The molecule has 0 aromatic heterocycles. The number of carbonyl (C=O) groups excluding carboxylic acids is 2. The van der Waals surface area contributed by atoms with Crippen LogP contribution in [0.5, 0.6) is 5.75 Å². The number of rotatable bonds is 14. The highest BCUT2D eigenvalue weighted by atomic mass is 35.5. The van der Waals surface area contributed by atoms with Crippen molar-refractivity contribution in [2.45, 2.75) is 104 Å². The number of hydrogen-bond donors (Lipinski definition) is 1. The Morgan fingerprint density at radius 3 is 2.37 bits per heavy atom. The Morgan fingerprint density at radius 2 is 1.70 bits per heavy atom. The molecule has 1 N–H and O–H groups in total. The number of ketones is 1. The van der Waals surface area contributed by atoms with Crippen molar-refractivity contribution in [1.29, 1.82) is 0 Å². The average Bonchev–Trinajstić information content (AvgIpc) is 2.67. The smallest absolute Gasteiger partial charge is 0.231 e. The maximum atomic E-state index is 12.3. The van der Waals surface area contributed by atoms with Gasteiger partial charge in [0.25, 0.3) is 0 Å². The summed E-state index contributed by atoms with van der Waals surface area (Å²) in [6.07, 6.45) is 8.96. The van der Waals surface area contributed by atoms with Crippen molar-refractivity contribution in [2.75, 3.05) is 5.32 Å². The molecular weight excluding hydrogens is 398 g/mol. The molecule has 5 heteroatoms. The fourth-order valence-corrected chi connectivity index (χ4v) is 3.36. The van der Waals surface area contributed by atoms with Crippen molar-refractivity contribution < 1.29 is 14.3 Å². The second-order valence-electron chi connectivity index (χ2n) is 9.20. The molecule has 30 heavy (non-hydrogen) atoms. The predicted molar refractivity (Wildman–Crippen MR) is 126 cm³/mol. The normalized spacial score (nSPS) is 13.5. The summed E-state index contributed by atoms with van der Waals surface area (Å²) in [6, 6.07) is 7.34. The molecule has 0 heterocycles. The highest BCUT2D eigenvalue weighted by molar-refractivity contribution is 6.20. The molecule has 0 saturated carbocycles. The molecule has 1 aromatic rings. The van der Waals surface area contributed by atoms with Gasteiger partial charge >= 0.3 is 0 Å². The number of benzene rings is 1. The number of nitrogens with one attached hydrogen (secondary N) is 1. The number of hydrogen-bond acceptors (Lipinski definition) is 3. The van der Waals surface area contributed by atoms with Crippen LogP contribution in [0, 0.1) is 5.41 Å². The summed E-state index contributed by atoms with van der Waals surface area (Å²) < 4.78 is 6.07. The SMILES string of the molecule is CCCCCCCC(Cl)CCC(C)Oc1ccccc1NC(=O)CC(=O)C(C)(C)C. The van der Waals surface area contributed by atoms with Crippen LogP contribution < -0.4 is 10.1 Å². The Hall–Kier alpha value is -1.55. The van der Waals surface area contributed by atoms with Crippen LogP contribution in [0.3, 0.4) is 0 Å². The van der Waals surface area contributed by atoms with Gasteiger partial charge in [-0.15, -0.1) is 11.6 Å². The fourth-order valence-electron chi connectivity index (χ4n) is 3.08. The first-order valence-corrected chi connectivity index (χ1v) is 11.8. The Bertz CT molecular complexity index is 654. The fraction of sp³-hybridized carbons (Fsp3) is 0.680. The van der Waals surface area contributed by atoms with E-state index in [9.17, 15) is 9.59 Å². The molecule has 0 fully saturated rings. The van der Waals surface area contributed by atoms with E-state index in [0.29, 0.717) is 11.4 Å². The zero-order valence-corrected chi connectivity index (χ0v) is 20.2. The Labute approximate surface area is 188 Å². The molecule has 0 aliphatic carbocycles. The minimum Gasteiger partial charge on any atom is -0.489 e. The lowest BCUT2D eigenvalue weighted by molar-refractivity contribution is -0.130. The van der Waals surface area contributed by atoms with Crippen LogP contribution in [0.15, 0.2) is 24.3 Å². The van der Waals surface area contributed by atoms with E-state index < -0.39 is 5.41 Å². The molecular formula is C25H40ClNO3. The van der Waals surface area contributed by atoms with E-state index in [-0.39, 0.29) is 29.6 Å². The minimum absolute atomic E-state index is 0.0133. The third-order valence-electron chi connectivity index (χ3n) is 5.15.